The van der Waals surface area contributed by atoms with Crippen LogP contribution in [-0.4, -0.2) is 25.0 Å². The molecule has 0 bridgehead atoms. The van der Waals surface area contributed by atoms with Crippen molar-refractivity contribution in [1.29, 1.82) is 0 Å². The molecule has 0 aromatic rings. The standard InChI is InChI=1S/C12H24N2O/c1-4-11(9(2)3)14-12(15)10-6-5-7-13-8-10/h9-11,13H,4-8H2,1-3H3,(H,14,15)/t10-,11?/m1/s1. The highest BCUT2D eigenvalue weighted by atomic mass is 16.2. The minimum Gasteiger partial charge on any atom is -0.353 e. The number of rotatable bonds is 4. The zero-order valence-electron chi connectivity index (χ0n) is 10.2. The Morgan fingerprint density at radius 3 is 2.73 bits per heavy atom. The molecule has 1 aliphatic heterocycles. The van der Waals surface area contributed by atoms with Crippen LogP contribution in [0.1, 0.15) is 40.0 Å². The van der Waals surface area contributed by atoms with Gasteiger partial charge in [0.2, 0.25) is 5.91 Å². The van der Waals surface area contributed by atoms with Crippen LogP contribution in [0.3, 0.4) is 0 Å². The van der Waals surface area contributed by atoms with Gasteiger partial charge < -0.3 is 10.6 Å². The van der Waals surface area contributed by atoms with Crippen LogP contribution in [0.2, 0.25) is 0 Å². The first-order valence-corrected chi connectivity index (χ1v) is 6.16. The van der Waals surface area contributed by atoms with Crippen molar-refractivity contribution in [2.24, 2.45) is 11.8 Å². The van der Waals surface area contributed by atoms with Gasteiger partial charge in [-0.2, -0.15) is 0 Å². The number of hydrogen-bond acceptors (Lipinski definition) is 2. The van der Waals surface area contributed by atoms with Crippen LogP contribution < -0.4 is 10.6 Å². The second kappa shape index (κ2) is 6.11. The number of carbonyl (C=O) groups excluding carboxylic acids is 1. The third-order valence-electron chi connectivity index (χ3n) is 3.24. The highest BCUT2D eigenvalue weighted by molar-refractivity contribution is 5.79. The lowest BCUT2D eigenvalue weighted by atomic mass is 9.96. The molecule has 1 heterocycles. The summed E-state index contributed by atoms with van der Waals surface area (Å²) < 4.78 is 0. The van der Waals surface area contributed by atoms with Crippen molar-refractivity contribution in [3.05, 3.63) is 0 Å². The molecular formula is C12H24N2O. The van der Waals surface area contributed by atoms with Gasteiger partial charge in [-0.3, -0.25) is 4.79 Å². The summed E-state index contributed by atoms with van der Waals surface area (Å²) >= 11 is 0. The molecule has 0 aromatic carbocycles. The normalized spacial score (nSPS) is 23.9. The van der Waals surface area contributed by atoms with Gasteiger partial charge in [0.05, 0.1) is 5.92 Å². The minimum atomic E-state index is 0.187. The van der Waals surface area contributed by atoms with E-state index in [4.69, 9.17) is 0 Å². The Bertz CT molecular complexity index is 198. The van der Waals surface area contributed by atoms with E-state index in [0.717, 1.165) is 32.4 Å². The van der Waals surface area contributed by atoms with E-state index < -0.39 is 0 Å². The van der Waals surface area contributed by atoms with E-state index in [2.05, 4.69) is 31.4 Å². The van der Waals surface area contributed by atoms with E-state index in [1.807, 2.05) is 0 Å². The van der Waals surface area contributed by atoms with Crippen molar-refractivity contribution in [3.63, 3.8) is 0 Å². The maximum atomic E-state index is 11.9. The van der Waals surface area contributed by atoms with Crippen LogP contribution >= 0.6 is 0 Å². The predicted octanol–water partition coefficient (Wildman–Crippen LogP) is 1.54. The number of hydrogen-bond donors (Lipinski definition) is 2. The van der Waals surface area contributed by atoms with Crippen LogP contribution in [0.25, 0.3) is 0 Å². The van der Waals surface area contributed by atoms with Crippen molar-refractivity contribution in [2.75, 3.05) is 13.1 Å². The lowest BCUT2D eigenvalue weighted by molar-refractivity contribution is -0.126. The molecule has 0 aliphatic carbocycles. The lowest BCUT2D eigenvalue weighted by Crippen LogP contribution is -2.45. The lowest BCUT2D eigenvalue weighted by Gasteiger charge is -2.26. The summed E-state index contributed by atoms with van der Waals surface area (Å²) in [7, 11) is 0. The van der Waals surface area contributed by atoms with E-state index in [0.29, 0.717) is 12.0 Å². The molecule has 15 heavy (non-hydrogen) atoms. The molecule has 0 radical (unpaired) electrons. The summed E-state index contributed by atoms with van der Waals surface area (Å²) in [4.78, 5) is 11.9. The Morgan fingerprint density at radius 1 is 1.53 bits per heavy atom. The number of nitrogens with one attached hydrogen (secondary N) is 2. The first kappa shape index (κ1) is 12.5. The van der Waals surface area contributed by atoms with Gasteiger partial charge >= 0.3 is 0 Å². The molecule has 1 unspecified atom stereocenters. The second-order valence-electron chi connectivity index (χ2n) is 4.81. The Hall–Kier alpha value is -0.570. The molecule has 0 saturated carbocycles. The maximum Gasteiger partial charge on any atom is 0.224 e. The summed E-state index contributed by atoms with van der Waals surface area (Å²) in [6.45, 7) is 8.36. The van der Waals surface area contributed by atoms with Crippen molar-refractivity contribution in [2.45, 2.75) is 46.1 Å². The molecule has 2 N–H and O–H groups in total. The van der Waals surface area contributed by atoms with Crippen LogP contribution in [-0.2, 0) is 4.79 Å². The van der Waals surface area contributed by atoms with Crippen LogP contribution in [0.4, 0.5) is 0 Å². The molecule has 2 atom stereocenters. The fourth-order valence-electron chi connectivity index (χ4n) is 2.12. The van der Waals surface area contributed by atoms with Crippen LogP contribution in [0.15, 0.2) is 0 Å². The average molecular weight is 212 g/mol. The molecule has 88 valence electrons. The minimum absolute atomic E-state index is 0.187. The predicted molar refractivity (Wildman–Crippen MR) is 62.7 cm³/mol. The highest BCUT2D eigenvalue weighted by Crippen LogP contribution is 2.12. The van der Waals surface area contributed by atoms with Crippen LogP contribution in [0.5, 0.6) is 0 Å². The fraction of sp³-hybridized carbons (Fsp3) is 0.917. The molecule has 1 fully saturated rings. The first-order chi connectivity index (χ1) is 7.15. The Kier molecular flexibility index (Phi) is 5.09. The smallest absolute Gasteiger partial charge is 0.224 e. The van der Waals surface area contributed by atoms with Crippen molar-refractivity contribution in [1.82, 2.24) is 10.6 Å². The molecule has 1 saturated heterocycles. The molecule has 3 heteroatoms. The molecular weight excluding hydrogens is 188 g/mol. The van der Waals surface area contributed by atoms with Crippen molar-refractivity contribution >= 4 is 5.91 Å². The largest absolute Gasteiger partial charge is 0.353 e. The molecule has 1 aliphatic rings. The summed E-state index contributed by atoms with van der Waals surface area (Å²) in [6.07, 6.45) is 3.17. The van der Waals surface area contributed by atoms with Gasteiger partial charge in [-0.25, -0.2) is 0 Å². The van der Waals surface area contributed by atoms with Gasteiger partial charge in [0.15, 0.2) is 0 Å². The van der Waals surface area contributed by atoms with Gasteiger partial charge in [-0.15, -0.1) is 0 Å². The second-order valence-corrected chi connectivity index (χ2v) is 4.81. The Balaban J connectivity index is 2.38. The highest BCUT2D eigenvalue weighted by Gasteiger charge is 2.23. The average Bonchev–Trinajstić information content (AvgIpc) is 2.26. The SMILES string of the molecule is CCC(NC(=O)[C@@H]1CCCNC1)C(C)C. The number of amides is 1. The van der Waals surface area contributed by atoms with Gasteiger partial charge in [0.1, 0.15) is 0 Å². The summed E-state index contributed by atoms with van der Waals surface area (Å²) in [5, 5.41) is 6.43. The third kappa shape index (κ3) is 3.82. The van der Waals surface area contributed by atoms with E-state index in [1.54, 1.807) is 0 Å². The van der Waals surface area contributed by atoms with Crippen molar-refractivity contribution in [3.8, 4) is 0 Å². The van der Waals surface area contributed by atoms with Gasteiger partial charge in [-0.1, -0.05) is 20.8 Å². The summed E-state index contributed by atoms with van der Waals surface area (Å²) in [5.41, 5.74) is 0. The summed E-state index contributed by atoms with van der Waals surface area (Å²) in [5.74, 6) is 0.949. The molecule has 3 nitrogen and oxygen atoms in total. The number of piperidine rings is 1. The van der Waals surface area contributed by atoms with E-state index in [1.165, 1.54) is 0 Å². The summed E-state index contributed by atoms with van der Waals surface area (Å²) in [6, 6.07) is 0.333. The molecule has 1 amide bonds. The third-order valence-corrected chi connectivity index (χ3v) is 3.24. The van der Waals surface area contributed by atoms with E-state index in [-0.39, 0.29) is 11.8 Å². The monoisotopic (exact) mass is 212 g/mol. The topological polar surface area (TPSA) is 41.1 Å². The van der Waals surface area contributed by atoms with E-state index in [9.17, 15) is 4.79 Å². The van der Waals surface area contributed by atoms with Gasteiger partial charge in [0.25, 0.3) is 0 Å². The first-order valence-electron chi connectivity index (χ1n) is 6.16. The Labute approximate surface area is 93.0 Å². The zero-order chi connectivity index (χ0) is 11.3. The van der Waals surface area contributed by atoms with Crippen molar-refractivity contribution < 1.29 is 4.79 Å². The fourth-order valence-corrected chi connectivity index (χ4v) is 2.12. The molecule has 1 rings (SSSR count). The van der Waals surface area contributed by atoms with Gasteiger partial charge in [-0.05, 0) is 31.7 Å². The van der Waals surface area contributed by atoms with E-state index >= 15 is 0 Å². The molecule has 0 aromatic heterocycles. The van der Waals surface area contributed by atoms with Crippen LogP contribution in [0, 0.1) is 11.8 Å². The zero-order valence-corrected chi connectivity index (χ0v) is 10.2. The maximum absolute atomic E-state index is 11.9. The quantitative estimate of drug-likeness (QED) is 0.742. The number of carbonyl (C=O) groups is 1. The Morgan fingerprint density at radius 2 is 2.27 bits per heavy atom. The molecule has 0 spiro atoms. The van der Waals surface area contributed by atoms with Gasteiger partial charge in [0, 0.05) is 12.6 Å².